The van der Waals surface area contributed by atoms with Gasteiger partial charge in [0.05, 0.1) is 20.9 Å². The summed E-state index contributed by atoms with van der Waals surface area (Å²) in [5, 5.41) is 14.6. The maximum absolute atomic E-state index is 10.8. The molecule has 1 aromatic heterocycles. The Bertz CT molecular complexity index is 620. The van der Waals surface area contributed by atoms with Crippen molar-refractivity contribution in [2.45, 2.75) is 6.04 Å². The van der Waals surface area contributed by atoms with Crippen molar-refractivity contribution in [3.8, 4) is 0 Å². The Morgan fingerprint density at radius 2 is 2.32 bits per heavy atom. The Labute approximate surface area is 126 Å². The van der Waals surface area contributed by atoms with Gasteiger partial charge in [-0.2, -0.15) is 0 Å². The fourth-order valence-electron chi connectivity index (χ4n) is 1.33. The maximum atomic E-state index is 10.8. The molecule has 100 valence electrons. The summed E-state index contributed by atoms with van der Waals surface area (Å²) in [6.07, 6.45) is 0. The van der Waals surface area contributed by atoms with Gasteiger partial charge in [-0.3, -0.25) is 4.79 Å². The highest BCUT2D eigenvalue weighted by molar-refractivity contribution is 9.10. The van der Waals surface area contributed by atoms with Crippen molar-refractivity contribution in [2.24, 2.45) is 5.73 Å². The number of carboxylic acids is 1. The number of rotatable bonds is 4. The first-order chi connectivity index (χ1) is 8.99. The smallest absolute Gasteiger partial charge is 0.326 e. The summed E-state index contributed by atoms with van der Waals surface area (Å²) in [6.45, 7) is 0. The van der Waals surface area contributed by atoms with E-state index in [9.17, 15) is 4.79 Å². The van der Waals surface area contributed by atoms with E-state index in [1.54, 1.807) is 17.5 Å². The van der Waals surface area contributed by atoms with E-state index in [2.05, 4.69) is 26.2 Å². The number of hydrogen-bond donors (Lipinski definition) is 3. The predicted molar refractivity (Wildman–Crippen MR) is 79.1 cm³/mol. The van der Waals surface area contributed by atoms with Crippen LogP contribution < -0.4 is 11.1 Å². The number of benzene rings is 1. The van der Waals surface area contributed by atoms with E-state index >= 15 is 0 Å². The van der Waals surface area contributed by atoms with Crippen molar-refractivity contribution < 1.29 is 9.90 Å². The Morgan fingerprint density at radius 3 is 3.00 bits per heavy atom. The summed E-state index contributed by atoms with van der Waals surface area (Å²) in [5.41, 5.74) is 6.55. The third-order valence-electron chi connectivity index (χ3n) is 2.30. The highest BCUT2D eigenvalue weighted by Gasteiger charge is 2.18. The van der Waals surface area contributed by atoms with Crippen LogP contribution in [0.25, 0.3) is 0 Å². The average Bonchev–Trinajstić information content (AvgIpc) is 2.82. The van der Waals surface area contributed by atoms with E-state index in [0.29, 0.717) is 15.8 Å². The number of carboxylic acid groups (broad SMARTS) is 1. The van der Waals surface area contributed by atoms with E-state index < -0.39 is 12.0 Å². The van der Waals surface area contributed by atoms with E-state index in [0.717, 1.165) is 10.2 Å². The lowest BCUT2D eigenvalue weighted by atomic mass is 10.2. The van der Waals surface area contributed by atoms with Gasteiger partial charge in [-0.05, 0) is 28.1 Å². The number of nitrogens with two attached hydrogens (primary N) is 1. The molecule has 0 amide bonds. The molecule has 8 heteroatoms. The molecule has 0 bridgehead atoms. The molecular formula is C11H9BrClN3O2S. The molecule has 4 N–H and O–H groups in total. The predicted octanol–water partition coefficient (Wildman–Crippen LogP) is 3.39. The molecule has 1 unspecified atom stereocenters. The number of halogens is 2. The summed E-state index contributed by atoms with van der Waals surface area (Å²) in [6, 6.07) is 4.26. The van der Waals surface area contributed by atoms with Crippen LogP contribution in [0, 0.1) is 0 Å². The van der Waals surface area contributed by atoms with Gasteiger partial charge in [0.1, 0.15) is 6.04 Å². The monoisotopic (exact) mass is 361 g/mol. The van der Waals surface area contributed by atoms with Crippen molar-refractivity contribution in [2.75, 3.05) is 5.32 Å². The zero-order valence-corrected chi connectivity index (χ0v) is 12.6. The molecule has 0 spiro atoms. The lowest BCUT2D eigenvalue weighted by molar-refractivity contribution is -0.138. The lowest BCUT2D eigenvalue weighted by Crippen LogP contribution is -2.20. The number of aliphatic carboxylic acids is 1. The van der Waals surface area contributed by atoms with Crippen molar-refractivity contribution in [1.82, 2.24) is 4.98 Å². The minimum Gasteiger partial charge on any atom is -0.480 e. The van der Waals surface area contributed by atoms with Crippen LogP contribution in [0.4, 0.5) is 10.8 Å². The molecule has 1 aromatic carbocycles. The summed E-state index contributed by atoms with van der Waals surface area (Å²) in [7, 11) is 0. The highest BCUT2D eigenvalue weighted by Crippen LogP contribution is 2.33. The van der Waals surface area contributed by atoms with Crippen LogP contribution in [0.15, 0.2) is 28.1 Å². The Morgan fingerprint density at radius 1 is 1.58 bits per heavy atom. The van der Waals surface area contributed by atoms with Crippen LogP contribution in [-0.2, 0) is 4.79 Å². The molecule has 0 aliphatic rings. The van der Waals surface area contributed by atoms with Gasteiger partial charge < -0.3 is 16.2 Å². The van der Waals surface area contributed by atoms with Crippen molar-refractivity contribution >= 4 is 55.7 Å². The molecule has 1 atom stereocenters. The first-order valence-electron chi connectivity index (χ1n) is 5.14. The number of aromatic nitrogens is 1. The number of anilines is 2. The third kappa shape index (κ3) is 3.24. The number of carbonyl (C=O) groups is 1. The minimum atomic E-state index is -1.12. The minimum absolute atomic E-state index is 0.318. The lowest BCUT2D eigenvalue weighted by Gasteiger charge is -2.06. The van der Waals surface area contributed by atoms with Crippen LogP contribution in [0.2, 0.25) is 5.02 Å². The molecule has 0 fully saturated rings. The molecule has 1 heterocycles. The molecule has 0 radical (unpaired) electrons. The molecule has 2 aromatic rings. The van der Waals surface area contributed by atoms with Crippen LogP contribution in [0.5, 0.6) is 0 Å². The van der Waals surface area contributed by atoms with Gasteiger partial charge in [-0.1, -0.05) is 17.7 Å². The first kappa shape index (κ1) is 14.3. The van der Waals surface area contributed by atoms with Crippen molar-refractivity contribution in [3.63, 3.8) is 0 Å². The number of hydrogen-bond acceptors (Lipinski definition) is 5. The van der Waals surface area contributed by atoms with Gasteiger partial charge >= 0.3 is 5.97 Å². The van der Waals surface area contributed by atoms with Crippen molar-refractivity contribution in [1.29, 1.82) is 0 Å². The molecule has 0 aliphatic carbocycles. The number of nitrogens with zero attached hydrogens (tertiary/aromatic N) is 1. The Hall–Kier alpha value is -1.15. The van der Waals surface area contributed by atoms with Gasteiger partial charge in [-0.25, -0.2) is 4.98 Å². The van der Waals surface area contributed by atoms with Crippen LogP contribution >= 0.6 is 38.9 Å². The zero-order valence-electron chi connectivity index (χ0n) is 9.43. The highest BCUT2D eigenvalue weighted by atomic mass is 79.9. The van der Waals surface area contributed by atoms with E-state index in [4.69, 9.17) is 22.4 Å². The average molecular weight is 363 g/mol. The number of thiazole rings is 1. The summed E-state index contributed by atoms with van der Waals surface area (Å²) in [5.74, 6) is -1.11. The van der Waals surface area contributed by atoms with Crippen LogP contribution in [0.3, 0.4) is 0 Å². The standard InChI is InChI=1S/C11H9BrClN3O2S/c12-8-5(13)2-1-3-6(8)15-11-16-7(4-19-11)9(14)10(17)18/h1-4,9H,14H2,(H,15,16)(H,17,18). The Kier molecular flexibility index (Phi) is 4.41. The van der Waals surface area contributed by atoms with Crippen molar-refractivity contribution in [3.05, 3.63) is 38.8 Å². The summed E-state index contributed by atoms with van der Waals surface area (Å²) in [4.78, 5) is 14.9. The number of nitrogens with one attached hydrogen (secondary N) is 1. The van der Waals surface area contributed by atoms with E-state index in [1.807, 2.05) is 6.07 Å². The largest absolute Gasteiger partial charge is 0.480 e. The van der Waals surface area contributed by atoms with Gasteiger partial charge in [0.2, 0.25) is 0 Å². The fraction of sp³-hybridized carbons (Fsp3) is 0.0909. The second-order valence-electron chi connectivity index (χ2n) is 3.62. The zero-order chi connectivity index (χ0) is 14.0. The quantitative estimate of drug-likeness (QED) is 0.776. The van der Waals surface area contributed by atoms with Gasteiger partial charge in [0.15, 0.2) is 5.13 Å². The molecule has 5 nitrogen and oxygen atoms in total. The third-order valence-corrected chi connectivity index (χ3v) is 4.47. The molecule has 0 saturated carbocycles. The van der Waals surface area contributed by atoms with Gasteiger partial charge in [0, 0.05) is 5.38 Å². The first-order valence-corrected chi connectivity index (χ1v) is 7.19. The maximum Gasteiger partial charge on any atom is 0.326 e. The van der Waals surface area contributed by atoms with Crippen LogP contribution in [0.1, 0.15) is 11.7 Å². The summed E-state index contributed by atoms with van der Waals surface area (Å²) < 4.78 is 0.718. The second-order valence-corrected chi connectivity index (χ2v) is 5.68. The van der Waals surface area contributed by atoms with E-state index in [1.165, 1.54) is 11.3 Å². The van der Waals surface area contributed by atoms with E-state index in [-0.39, 0.29) is 0 Å². The van der Waals surface area contributed by atoms with Gasteiger partial charge in [0.25, 0.3) is 0 Å². The molecule has 2 rings (SSSR count). The summed E-state index contributed by atoms with van der Waals surface area (Å²) >= 11 is 10.6. The second kappa shape index (κ2) is 5.87. The molecule has 0 aliphatic heterocycles. The fourth-order valence-corrected chi connectivity index (χ4v) is 2.63. The molecule has 0 saturated heterocycles. The van der Waals surface area contributed by atoms with Crippen LogP contribution in [-0.4, -0.2) is 16.1 Å². The SMILES string of the molecule is NC(C(=O)O)c1csc(Nc2cccc(Cl)c2Br)n1. The Balaban J connectivity index is 2.20. The van der Waals surface area contributed by atoms with Gasteiger partial charge in [-0.15, -0.1) is 11.3 Å². The molecule has 19 heavy (non-hydrogen) atoms. The normalized spacial score (nSPS) is 12.2. The molecular weight excluding hydrogens is 354 g/mol. The topological polar surface area (TPSA) is 88.2 Å².